The number of rotatable bonds is 5. The normalized spacial score (nSPS) is 10.0. The minimum absolute atomic E-state index is 0.122. The predicted molar refractivity (Wildman–Crippen MR) is 84.4 cm³/mol. The van der Waals surface area contributed by atoms with Gasteiger partial charge >= 0.3 is 6.09 Å². The Morgan fingerprint density at radius 2 is 1.83 bits per heavy atom. The molecule has 0 aromatic heterocycles. The average Bonchev–Trinajstić information content (AvgIpc) is 2.56. The number of nitrogens with one attached hydrogen (secondary N) is 2. The summed E-state index contributed by atoms with van der Waals surface area (Å²) in [5.74, 6) is -0.867. The molecule has 2 aromatic carbocycles. The van der Waals surface area contributed by atoms with Gasteiger partial charge in [0, 0.05) is 11.3 Å². The van der Waals surface area contributed by atoms with Crippen molar-refractivity contribution in [1.82, 2.24) is 5.32 Å². The molecule has 0 radical (unpaired) electrons. The highest BCUT2D eigenvalue weighted by Gasteiger charge is 2.09. The maximum absolute atomic E-state index is 13.4. The molecular weight excluding hydrogens is 299 g/mol. The van der Waals surface area contributed by atoms with Gasteiger partial charge in [0.05, 0.1) is 0 Å². The predicted octanol–water partition coefficient (Wildman–Crippen LogP) is 3.00. The van der Waals surface area contributed by atoms with Gasteiger partial charge in [0.15, 0.2) is 0 Å². The van der Waals surface area contributed by atoms with Gasteiger partial charge in [-0.25, -0.2) is 9.18 Å². The first-order chi connectivity index (χ1) is 11.1. The Labute approximate surface area is 133 Å². The van der Waals surface area contributed by atoms with E-state index in [2.05, 4.69) is 10.6 Å². The molecule has 0 heterocycles. The van der Waals surface area contributed by atoms with Crippen LogP contribution in [0.15, 0.2) is 48.5 Å². The van der Waals surface area contributed by atoms with Gasteiger partial charge in [0.1, 0.15) is 19.0 Å². The van der Waals surface area contributed by atoms with E-state index in [9.17, 15) is 14.0 Å². The molecule has 2 N–H and O–H groups in total. The zero-order valence-electron chi connectivity index (χ0n) is 12.6. The summed E-state index contributed by atoms with van der Waals surface area (Å²) in [5, 5.41) is 4.87. The lowest BCUT2D eigenvalue weighted by atomic mass is 10.2. The first-order valence-corrected chi connectivity index (χ1v) is 7.06. The van der Waals surface area contributed by atoms with E-state index in [0.717, 1.165) is 5.56 Å². The van der Waals surface area contributed by atoms with Gasteiger partial charge in [-0.05, 0) is 24.6 Å². The molecule has 2 aromatic rings. The lowest BCUT2D eigenvalue weighted by Crippen LogP contribution is -2.33. The second-order valence-electron chi connectivity index (χ2n) is 4.88. The number of halogens is 1. The van der Waals surface area contributed by atoms with Crippen LogP contribution in [0.25, 0.3) is 0 Å². The van der Waals surface area contributed by atoms with Gasteiger partial charge in [-0.15, -0.1) is 0 Å². The molecule has 0 saturated heterocycles. The zero-order valence-corrected chi connectivity index (χ0v) is 12.6. The average molecular weight is 316 g/mol. The summed E-state index contributed by atoms with van der Waals surface area (Å²) in [7, 11) is 0. The molecule has 2 rings (SSSR count). The summed E-state index contributed by atoms with van der Waals surface area (Å²) >= 11 is 0. The van der Waals surface area contributed by atoms with Gasteiger partial charge in [0.2, 0.25) is 5.91 Å². The minimum Gasteiger partial charge on any atom is -0.445 e. The summed E-state index contributed by atoms with van der Waals surface area (Å²) in [6.45, 7) is 1.42. The number of hydrogen-bond donors (Lipinski definition) is 2. The van der Waals surface area contributed by atoms with Crippen LogP contribution in [0, 0.1) is 12.7 Å². The summed E-state index contributed by atoms with van der Waals surface area (Å²) in [6, 6.07) is 13.6. The van der Waals surface area contributed by atoms with Crippen molar-refractivity contribution in [2.75, 3.05) is 11.9 Å². The van der Waals surface area contributed by atoms with Crippen LogP contribution in [-0.4, -0.2) is 18.5 Å². The lowest BCUT2D eigenvalue weighted by Gasteiger charge is -2.10. The van der Waals surface area contributed by atoms with Gasteiger partial charge in [-0.2, -0.15) is 0 Å². The van der Waals surface area contributed by atoms with Crippen LogP contribution < -0.4 is 10.6 Å². The first-order valence-electron chi connectivity index (χ1n) is 7.06. The third-order valence-corrected chi connectivity index (χ3v) is 3.15. The Balaban J connectivity index is 1.75. The SMILES string of the molecule is Cc1c(F)cccc1NC(=O)CNC(=O)OCc1ccccc1. The minimum atomic E-state index is -0.694. The second kappa shape index (κ2) is 7.93. The molecule has 0 bridgehead atoms. The fourth-order valence-corrected chi connectivity index (χ4v) is 1.86. The van der Waals surface area contributed by atoms with Crippen molar-refractivity contribution in [2.24, 2.45) is 0 Å². The van der Waals surface area contributed by atoms with Crippen molar-refractivity contribution in [3.8, 4) is 0 Å². The molecule has 0 saturated carbocycles. The molecule has 5 nitrogen and oxygen atoms in total. The Morgan fingerprint density at radius 3 is 2.57 bits per heavy atom. The molecule has 0 aliphatic rings. The molecule has 0 spiro atoms. The quantitative estimate of drug-likeness (QED) is 0.891. The van der Waals surface area contributed by atoms with Crippen molar-refractivity contribution in [1.29, 1.82) is 0 Å². The summed E-state index contributed by atoms with van der Waals surface area (Å²) < 4.78 is 18.3. The summed E-state index contributed by atoms with van der Waals surface area (Å²) in [5.41, 5.74) is 1.56. The molecule has 6 heteroatoms. The van der Waals surface area contributed by atoms with E-state index >= 15 is 0 Å². The fourth-order valence-electron chi connectivity index (χ4n) is 1.86. The molecule has 0 atom stereocenters. The highest BCUT2D eigenvalue weighted by Crippen LogP contribution is 2.16. The lowest BCUT2D eigenvalue weighted by molar-refractivity contribution is -0.115. The van der Waals surface area contributed by atoms with Crippen molar-refractivity contribution in [3.05, 3.63) is 65.5 Å². The van der Waals surface area contributed by atoms with Crippen molar-refractivity contribution >= 4 is 17.7 Å². The zero-order chi connectivity index (χ0) is 16.7. The molecule has 0 aliphatic carbocycles. The summed E-state index contributed by atoms with van der Waals surface area (Å²) in [6.07, 6.45) is -0.694. The third-order valence-electron chi connectivity index (χ3n) is 3.15. The van der Waals surface area contributed by atoms with E-state index in [1.807, 2.05) is 30.3 Å². The maximum Gasteiger partial charge on any atom is 0.407 e. The van der Waals surface area contributed by atoms with Gasteiger partial charge in [0.25, 0.3) is 0 Å². The number of carbonyl (C=O) groups is 2. The van der Waals surface area contributed by atoms with E-state index in [0.29, 0.717) is 11.3 Å². The van der Waals surface area contributed by atoms with Gasteiger partial charge < -0.3 is 15.4 Å². The van der Waals surface area contributed by atoms with Crippen LogP contribution in [0.2, 0.25) is 0 Å². The van der Waals surface area contributed by atoms with Gasteiger partial charge in [-0.1, -0.05) is 36.4 Å². The van der Waals surface area contributed by atoms with Gasteiger partial charge in [-0.3, -0.25) is 4.79 Å². The largest absolute Gasteiger partial charge is 0.445 e. The van der Waals surface area contributed by atoms with E-state index in [4.69, 9.17) is 4.74 Å². The fraction of sp³-hybridized carbons (Fsp3) is 0.176. The number of ether oxygens (including phenoxy) is 1. The molecular formula is C17H17FN2O3. The van der Waals surface area contributed by atoms with E-state index < -0.39 is 17.8 Å². The molecule has 0 fully saturated rings. The summed E-state index contributed by atoms with van der Waals surface area (Å²) in [4.78, 5) is 23.3. The van der Waals surface area contributed by atoms with E-state index in [1.165, 1.54) is 12.1 Å². The van der Waals surface area contributed by atoms with Crippen LogP contribution in [-0.2, 0) is 16.1 Å². The van der Waals surface area contributed by atoms with Crippen molar-refractivity contribution < 1.29 is 18.7 Å². The van der Waals surface area contributed by atoms with Crippen LogP contribution in [0.4, 0.5) is 14.9 Å². The smallest absolute Gasteiger partial charge is 0.407 e. The highest BCUT2D eigenvalue weighted by atomic mass is 19.1. The molecule has 120 valence electrons. The van der Waals surface area contributed by atoms with Crippen LogP contribution >= 0.6 is 0 Å². The van der Waals surface area contributed by atoms with Crippen molar-refractivity contribution in [2.45, 2.75) is 13.5 Å². The van der Waals surface area contributed by atoms with Crippen LogP contribution in [0.5, 0.6) is 0 Å². The molecule has 0 aliphatic heterocycles. The maximum atomic E-state index is 13.4. The standard InChI is InChI=1S/C17H17FN2O3/c1-12-14(18)8-5-9-15(12)20-16(21)10-19-17(22)23-11-13-6-3-2-4-7-13/h2-9H,10-11H2,1H3,(H,19,22)(H,20,21). The van der Waals surface area contributed by atoms with E-state index in [-0.39, 0.29) is 13.2 Å². The Hall–Kier alpha value is -2.89. The Bertz CT molecular complexity index is 689. The number of alkyl carbamates (subject to hydrolysis) is 1. The Kier molecular flexibility index (Phi) is 5.68. The van der Waals surface area contributed by atoms with Crippen LogP contribution in [0.3, 0.4) is 0 Å². The van der Waals surface area contributed by atoms with Crippen LogP contribution in [0.1, 0.15) is 11.1 Å². The number of benzene rings is 2. The number of anilines is 1. The molecule has 23 heavy (non-hydrogen) atoms. The number of amides is 2. The molecule has 2 amide bonds. The first kappa shape index (κ1) is 16.5. The highest BCUT2D eigenvalue weighted by molar-refractivity contribution is 5.94. The second-order valence-corrected chi connectivity index (χ2v) is 4.88. The monoisotopic (exact) mass is 316 g/mol. The third kappa shape index (κ3) is 5.10. The topological polar surface area (TPSA) is 67.4 Å². The number of carbonyl (C=O) groups excluding carboxylic acids is 2. The number of hydrogen-bond acceptors (Lipinski definition) is 3. The molecule has 0 unspecified atom stereocenters. The van der Waals surface area contributed by atoms with Crippen molar-refractivity contribution in [3.63, 3.8) is 0 Å². The Morgan fingerprint density at radius 1 is 1.09 bits per heavy atom. The van der Waals surface area contributed by atoms with E-state index in [1.54, 1.807) is 13.0 Å².